The third kappa shape index (κ3) is 24.5. The molecule has 12 aromatic rings. The monoisotopic (exact) mass is 1710 g/mol. The molecule has 14 rings (SSSR count). The molecular weight excluding hydrogens is 1630 g/mol. The van der Waals surface area contributed by atoms with Crippen LogP contribution < -0.4 is 27.0 Å². The standard InChI is InChI=1S/C17H17N3OS.C14H12BrN3S.C14H12IN3S.C8H10BrN.C6H3ClN2S.C5H13N.C3H5IO.3CH4/c1-11(12-2-4-13(5-3-12)14-8-21-9-14)20-16-15-6-7-22-17(15)19-10-18-16;2*1-9(10-2-4-11(15)5-3-10)18-13-12-6-7-19-14(12)17-8-16-13;1-6(10)7-2-4-8(9)5-3-7;7-5-4-1-2-10-6(4)9-3-8-5;1-3-4-5-6-2;4-3-1-5-2-3;;;/h2-7,10-11,14H,8-9H2,1H3,(H,18,19,20);2*2-9H,1H3,(H,16,17,18);2-6H,10H2,1H3;1-3H;6H,3-5H2,1-2H3;3H,1-2H2;3*1H4. The Bertz CT molecular complexity index is 3940. The first-order valence-electron chi connectivity index (χ1n) is 29.4. The third-order valence-corrected chi connectivity index (χ3v) is 20.2. The number of anilines is 3. The van der Waals surface area contributed by atoms with Crippen molar-refractivity contribution < 1.29 is 9.47 Å². The van der Waals surface area contributed by atoms with Crippen LogP contribution in [0.1, 0.15) is 128 Å². The average molecular weight is 1720 g/mol. The SMILES string of the molecule is C.C.C.CC(N)c1ccc(Br)cc1.CC(Nc1ncnc2sccc12)c1ccc(Br)cc1.CC(Nc1ncnc2sccc12)c1ccc(C2COC2)cc1.CC(Nc1ncnc2sccc12)c1ccc(I)cc1.CCCCNC.Clc1ncnc2sccc12.IC1COC1. The fourth-order valence-electron chi connectivity index (χ4n) is 8.66. The summed E-state index contributed by atoms with van der Waals surface area (Å²) in [5.74, 6) is 3.26. The Morgan fingerprint density at radius 1 is 0.511 bits per heavy atom. The third-order valence-electron chi connectivity index (χ3n) is 14.1. The first kappa shape index (κ1) is 79.7. The fourth-order valence-corrected chi connectivity index (χ4v) is 13.2. The van der Waals surface area contributed by atoms with Crippen LogP contribution in [0.15, 0.2) is 177 Å². The van der Waals surface area contributed by atoms with Crippen LogP contribution in [0.2, 0.25) is 5.15 Å². The number of nitrogens with one attached hydrogen (secondary N) is 4. The van der Waals surface area contributed by atoms with E-state index in [2.05, 4.69) is 245 Å². The lowest BCUT2D eigenvalue weighted by Gasteiger charge is -2.26. The average Bonchev–Trinajstić information content (AvgIpc) is 1.70. The van der Waals surface area contributed by atoms with E-state index in [9.17, 15) is 0 Å². The van der Waals surface area contributed by atoms with Crippen molar-refractivity contribution >= 4 is 192 Å². The summed E-state index contributed by atoms with van der Waals surface area (Å²) in [4.78, 5) is 37.7. The highest BCUT2D eigenvalue weighted by Crippen LogP contribution is 2.32. The predicted molar refractivity (Wildman–Crippen MR) is 428 cm³/mol. The molecule has 2 aliphatic heterocycles. The second kappa shape index (κ2) is 41.9. The predicted octanol–water partition coefficient (Wildman–Crippen LogP) is 21.6. The van der Waals surface area contributed by atoms with E-state index < -0.39 is 0 Å². The zero-order chi connectivity index (χ0) is 64.5. The minimum absolute atomic E-state index is 0. The summed E-state index contributed by atoms with van der Waals surface area (Å²) in [6.45, 7) is 15.4. The second-order valence-corrected chi connectivity index (χ2v) is 29.7. The highest BCUT2D eigenvalue weighted by molar-refractivity contribution is 14.1. The lowest BCUT2D eigenvalue weighted by molar-refractivity contribution is 0.00841. The summed E-state index contributed by atoms with van der Waals surface area (Å²) in [6.07, 6.45) is 8.91. The summed E-state index contributed by atoms with van der Waals surface area (Å²) in [5, 5.41) is 26.3. The highest BCUT2D eigenvalue weighted by atomic mass is 127. The molecule has 4 unspecified atom stereocenters. The van der Waals surface area contributed by atoms with Crippen LogP contribution in [-0.4, -0.2) is 83.8 Å². The number of benzene rings is 4. The number of hydrogen-bond acceptors (Lipinski definition) is 19. The van der Waals surface area contributed by atoms with Gasteiger partial charge in [-0.15, -0.1) is 45.3 Å². The first-order chi connectivity index (χ1) is 44.2. The number of aromatic nitrogens is 8. The van der Waals surface area contributed by atoms with Gasteiger partial charge in [0.15, 0.2) is 0 Å². The number of unbranched alkanes of at least 4 members (excludes halogenated alkanes) is 1. The quantitative estimate of drug-likeness (QED) is 0.0298. The molecule has 0 bridgehead atoms. The summed E-state index contributed by atoms with van der Waals surface area (Å²) < 4.78 is 14.3. The van der Waals surface area contributed by atoms with Gasteiger partial charge < -0.3 is 36.5 Å². The van der Waals surface area contributed by atoms with Crippen LogP contribution in [0, 0.1) is 3.57 Å². The molecular formula is C70H84Br2ClI2N13O2S4. The lowest BCUT2D eigenvalue weighted by atomic mass is 9.95. The number of thiophene rings is 4. The number of halogens is 5. The summed E-state index contributed by atoms with van der Waals surface area (Å²) >= 11 is 23.7. The zero-order valence-electron chi connectivity index (χ0n) is 51.1. The molecule has 0 saturated carbocycles. The summed E-state index contributed by atoms with van der Waals surface area (Å²) in [6, 6.07) is 42.5. The molecule has 2 saturated heterocycles. The van der Waals surface area contributed by atoms with Crippen molar-refractivity contribution in [1.29, 1.82) is 0 Å². The van der Waals surface area contributed by atoms with Crippen molar-refractivity contribution in [3.63, 3.8) is 0 Å². The van der Waals surface area contributed by atoms with Gasteiger partial charge in [-0.25, -0.2) is 39.9 Å². The van der Waals surface area contributed by atoms with Crippen molar-refractivity contribution in [2.75, 3.05) is 56.0 Å². The van der Waals surface area contributed by atoms with Gasteiger partial charge >= 0.3 is 0 Å². The van der Waals surface area contributed by atoms with Gasteiger partial charge in [0.2, 0.25) is 0 Å². The fraction of sp³-hybridized carbons (Fsp3) is 0.314. The molecule has 0 radical (unpaired) electrons. The van der Waals surface area contributed by atoms with Gasteiger partial charge in [-0.2, -0.15) is 0 Å². The maximum atomic E-state index is 5.75. The first-order valence-corrected chi connectivity index (χ1v) is 37.2. The molecule has 4 atom stereocenters. The molecule has 6 N–H and O–H groups in total. The molecule has 4 aromatic carbocycles. The maximum Gasteiger partial charge on any atom is 0.141 e. The van der Waals surface area contributed by atoms with Gasteiger partial charge in [0.1, 0.15) is 67.2 Å². The van der Waals surface area contributed by atoms with Gasteiger partial charge in [0.05, 0.1) is 46.5 Å². The molecule has 2 aliphatic rings. The van der Waals surface area contributed by atoms with E-state index in [1.54, 1.807) is 64.3 Å². The van der Waals surface area contributed by atoms with Crippen LogP contribution in [0.3, 0.4) is 0 Å². The number of fused-ring (bicyclic) bond motifs is 4. The molecule has 15 nitrogen and oxygen atoms in total. The number of ether oxygens (including phenoxy) is 2. The van der Waals surface area contributed by atoms with Crippen molar-refractivity contribution in [1.82, 2.24) is 45.2 Å². The molecule has 94 heavy (non-hydrogen) atoms. The maximum absolute atomic E-state index is 5.75. The van der Waals surface area contributed by atoms with Crippen LogP contribution in [0.4, 0.5) is 17.5 Å². The number of hydrogen-bond donors (Lipinski definition) is 5. The van der Waals surface area contributed by atoms with Crippen LogP contribution in [-0.2, 0) is 9.47 Å². The molecule has 500 valence electrons. The number of rotatable bonds is 14. The Morgan fingerprint density at radius 3 is 1.17 bits per heavy atom. The molecule has 8 aromatic heterocycles. The van der Waals surface area contributed by atoms with Crippen molar-refractivity contribution in [2.24, 2.45) is 5.73 Å². The lowest BCUT2D eigenvalue weighted by Crippen LogP contribution is -2.26. The second-order valence-electron chi connectivity index (χ2n) is 20.9. The molecule has 10 heterocycles. The van der Waals surface area contributed by atoms with Gasteiger partial charge in [0.25, 0.3) is 0 Å². The number of nitrogens with zero attached hydrogens (tertiary/aromatic N) is 8. The van der Waals surface area contributed by atoms with Crippen LogP contribution in [0.25, 0.3) is 40.9 Å². The highest BCUT2D eigenvalue weighted by Gasteiger charge is 2.21. The van der Waals surface area contributed by atoms with Gasteiger partial charge in [-0.05, 0) is 180 Å². The topological polar surface area (TPSA) is 196 Å². The zero-order valence-corrected chi connectivity index (χ0v) is 62.6. The van der Waals surface area contributed by atoms with E-state index in [1.165, 1.54) is 50.6 Å². The number of nitrogens with two attached hydrogens (primary N) is 1. The van der Waals surface area contributed by atoms with E-state index in [1.807, 2.05) is 78.0 Å². The van der Waals surface area contributed by atoms with Crippen molar-refractivity contribution in [2.45, 2.75) is 104 Å². The van der Waals surface area contributed by atoms with Gasteiger partial charge in [0, 0.05) is 48.0 Å². The largest absolute Gasteiger partial charge is 0.380 e. The van der Waals surface area contributed by atoms with Gasteiger partial charge in [-0.3, -0.25) is 0 Å². The molecule has 2 fully saturated rings. The Kier molecular flexibility index (Phi) is 35.6. The van der Waals surface area contributed by atoms with E-state index in [4.69, 9.17) is 26.8 Å². The van der Waals surface area contributed by atoms with E-state index in [-0.39, 0.29) is 46.4 Å². The Morgan fingerprint density at radius 2 is 0.851 bits per heavy atom. The number of alkyl halides is 1. The van der Waals surface area contributed by atoms with Crippen LogP contribution >= 0.6 is 134 Å². The Balaban J connectivity index is 0.000000207. The van der Waals surface area contributed by atoms with Crippen LogP contribution in [0.5, 0.6) is 0 Å². The summed E-state index contributed by atoms with van der Waals surface area (Å²) in [5.41, 5.74) is 11.9. The Labute approximate surface area is 619 Å². The molecule has 0 aliphatic carbocycles. The molecule has 0 spiro atoms. The molecule has 0 amide bonds. The normalized spacial score (nSPS) is 13.4. The smallest absolute Gasteiger partial charge is 0.141 e. The summed E-state index contributed by atoms with van der Waals surface area (Å²) in [7, 11) is 1.98. The van der Waals surface area contributed by atoms with E-state index in [0.717, 1.165) is 104 Å². The van der Waals surface area contributed by atoms with E-state index in [0.29, 0.717) is 11.1 Å². The van der Waals surface area contributed by atoms with Crippen molar-refractivity contribution in [3.8, 4) is 0 Å². The minimum Gasteiger partial charge on any atom is -0.380 e. The van der Waals surface area contributed by atoms with Crippen molar-refractivity contribution in [3.05, 3.63) is 214 Å². The minimum atomic E-state index is 0. The Hall–Kier alpha value is -5.01. The van der Waals surface area contributed by atoms with Gasteiger partial charge in [-0.1, -0.05) is 162 Å². The molecule has 24 heteroatoms. The van der Waals surface area contributed by atoms with E-state index >= 15 is 0 Å².